The molecular formula is C22H26N2O3. The lowest BCUT2D eigenvalue weighted by atomic mass is 9.84. The number of hydrogen-bond acceptors (Lipinski definition) is 4. The van der Waals surface area contributed by atoms with Crippen LogP contribution in [0.5, 0.6) is 5.75 Å². The highest BCUT2D eigenvalue weighted by molar-refractivity contribution is 6.08. The molecule has 0 heterocycles. The van der Waals surface area contributed by atoms with Crippen molar-refractivity contribution >= 4 is 11.7 Å². The number of amides is 1. The number of ketones is 1. The second-order valence-corrected chi connectivity index (χ2v) is 6.96. The molecule has 0 bridgehead atoms. The third-order valence-corrected chi connectivity index (χ3v) is 5.08. The minimum absolute atomic E-state index is 0.0370. The Labute approximate surface area is 159 Å². The number of ether oxygens (including phenoxy) is 1. The van der Waals surface area contributed by atoms with Gasteiger partial charge in [0.25, 0.3) is 5.91 Å². The molecular weight excluding hydrogens is 340 g/mol. The topological polar surface area (TPSA) is 81.4 Å². The molecule has 1 amide bonds. The summed E-state index contributed by atoms with van der Waals surface area (Å²) in [5.41, 5.74) is 7.04. The van der Waals surface area contributed by atoms with E-state index < -0.39 is 0 Å². The van der Waals surface area contributed by atoms with Crippen LogP contribution < -0.4 is 15.8 Å². The Balaban J connectivity index is 1.51. The quantitative estimate of drug-likeness (QED) is 0.738. The van der Waals surface area contributed by atoms with Gasteiger partial charge < -0.3 is 15.8 Å². The zero-order valence-electron chi connectivity index (χ0n) is 15.4. The third-order valence-electron chi connectivity index (χ3n) is 5.08. The highest BCUT2D eigenvalue weighted by Crippen LogP contribution is 2.23. The lowest BCUT2D eigenvalue weighted by Gasteiger charge is -2.31. The summed E-state index contributed by atoms with van der Waals surface area (Å²) in [5.74, 6) is 0.745. The molecule has 2 atom stereocenters. The molecule has 27 heavy (non-hydrogen) atoms. The Morgan fingerprint density at radius 1 is 0.963 bits per heavy atom. The first kappa shape index (κ1) is 19.1. The van der Waals surface area contributed by atoms with E-state index in [2.05, 4.69) is 5.32 Å². The maximum Gasteiger partial charge on any atom is 0.258 e. The van der Waals surface area contributed by atoms with Gasteiger partial charge in [-0.15, -0.1) is 0 Å². The monoisotopic (exact) mass is 366 g/mol. The number of nitrogens with one attached hydrogen (secondary N) is 1. The lowest BCUT2D eigenvalue weighted by molar-refractivity contribution is -0.124. The van der Waals surface area contributed by atoms with Gasteiger partial charge in [0, 0.05) is 17.2 Å². The molecule has 2 unspecified atom stereocenters. The molecule has 0 aromatic heterocycles. The van der Waals surface area contributed by atoms with Crippen LogP contribution in [-0.4, -0.2) is 30.9 Å². The van der Waals surface area contributed by atoms with E-state index in [1.165, 1.54) is 6.42 Å². The van der Waals surface area contributed by atoms with E-state index in [1.807, 2.05) is 18.2 Å². The largest absolute Gasteiger partial charge is 0.484 e. The van der Waals surface area contributed by atoms with Gasteiger partial charge in [-0.2, -0.15) is 0 Å². The van der Waals surface area contributed by atoms with Crippen molar-refractivity contribution in [2.75, 3.05) is 13.2 Å². The normalized spacial score (nSPS) is 19.3. The third kappa shape index (κ3) is 5.17. The van der Waals surface area contributed by atoms with Gasteiger partial charge in [0.1, 0.15) is 5.75 Å². The molecule has 1 saturated carbocycles. The molecule has 3 rings (SSSR count). The van der Waals surface area contributed by atoms with Gasteiger partial charge >= 0.3 is 0 Å². The summed E-state index contributed by atoms with van der Waals surface area (Å²) in [7, 11) is 0. The van der Waals surface area contributed by atoms with Crippen molar-refractivity contribution in [1.82, 2.24) is 5.32 Å². The Morgan fingerprint density at radius 2 is 1.63 bits per heavy atom. The molecule has 0 saturated heterocycles. The summed E-state index contributed by atoms with van der Waals surface area (Å²) in [6.07, 6.45) is 4.35. The summed E-state index contributed by atoms with van der Waals surface area (Å²) in [4.78, 5) is 24.6. The van der Waals surface area contributed by atoms with Crippen LogP contribution in [-0.2, 0) is 4.79 Å². The molecule has 0 radical (unpaired) electrons. The average Bonchev–Trinajstić information content (AvgIpc) is 2.73. The van der Waals surface area contributed by atoms with E-state index in [0.29, 0.717) is 29.3 Å². The van der Waals surface area contributed by atoms with E-state index in [9.17, 15) is 9.59 Å². The smallest absolute Gasteiger partial charge is 0.258 e. The molecule has 2 aromatic rings. The SMILES string of the molecule is NCC1CCCCC1NC(=O)COc1ccc(C(=O)c2ccccc2)cc1. The van der Waals surface area contributed by atoms with E-state index in [0.717, 1.165) is 19.3 Å². The Kier molecular flexibility index (Phi) is 6.60. The van der Waals surface area contributed by atoms with E-state index in [4.69, 9.17) is 10.5 Å². The van der Waals surface area contributed by atoms with Crippen LogP contribution in [0, 0.1) is 5.92 Å². The highest BCUT2D eigenvalue weighted by Gasteiger charge is 2.25. The Hall–Kier alpha value is -2.66. The van der Waals surface area contributed by atoms with Gasteiger partial charge in [-0.3, -0.25) is 9.59 Å². The average molecular weight is 366 g/mol. The first-order valence-electron chi connectivity index (χ1n) is 9.49. The Bertz CT molecular complexity index is 759. The van der Waals surface area contributed by atoms with Crippen LogP contribution in [0.1, 0.15) is 41.6 Å². The minimum Gasteiger partial charge on any atom is -0.484 e. The van der Waals surface area contributed by atoms with Gasteiger partial charge in [-0.1, -0.05) is 43.2 Å². The molecule has 1 aliphatic rings. The first-order chi connectivity index (χ1) is 13.2. The van der Waals surface area contributed by atoms with Gasteiger partial charge in [-0.05, 0) is 49.6 Å². The number of benzene rings is 2. The van der Waals surface area contributed by atoms with Crippen molar-refractivity contribution in [1.29, 1.82) is 0 Å². The lowest BCUT2D eigenvalue weighted by Crippen LogP contribution is -2.46. The number of carbonyl (C=O) groups excluding carboxylic acids is 2. The fourth-order valence-electron chi connectivity index (χ4n) is 3.54. The molecule has 2 aromatic carbocycles. The van der Waals surface area contributed by atoms with E-state index in [1.54, 1.807) is 36.4 Å². The Morgan fingerprint density at radius 3 is 2.33 bits per heavy atom. The summed E-state index contributed by atoms with van der Waals surface area (Å²) in [6, 6.07) is 16.1. The molecule has 1 aliphatic carbocycles. The number of hydrogen-bond donors (Lipinski definition) is 2. The molecule has 5 heteroatoms. The van der Waals surface area contributed by atoms with E-state index >= 15 is 0 Å². The van der Waals surface area contributed by atoms with Crippen LogP contribution in [0.25, 0.3) is 0 Å². The van der Waals surface area contributed by atoms with Crippen molar-refractivity contribution < 1.29 is 14.3 Å². The van der Waals surface area contributed by atoms with Crippen LogP contribution in [0.15, 0.2) is 54.6 Å². The van der Waals surface area contributed by atoms with Crippen molar-refractivity contribution in [3.8, 4) is 5.75 Å². The molecule has 1 fully saturated rings. The molecule has 3 N–H and O–H groups in total. The van der Waals surface area contributed by atoms with Crippen LogP contribution >= 0.6 is 0 Å². The van der Waals surface area contributed by atoms with Crippen molar-refractivity contribution in [2.45, 2.75) is 31.7 Å². The van der Waals surface area contributed by atoms with Crippen molar-refractivity contribution in [3.05, 3.63) is 65.7 Å². The minimum atomic E-state index is -0.134. The van der Waals surface area contributed by atoms with Gasteiger partial charge in [0.2, 0.25) is 0 Å². The summed E-state index contributed by atoms with van der Waals surface area (Å²) in [5, 5.41) is 3.04. The maximum absolute atomic E-state index is 12.4. The van der Waals surface area contributed by atoms with Crippen molar-refractivity contribution in [2.24, 2.45) is 11.7 Å². The number of nitrogens with two attached hydrogens (primary N) is 1. The zero-order valence-corrected chi connectivity index (χ0v) is 15.4. The van der Waals surface area contributed by atoms with Crippen LogP contribution in [0.3, 0.4) is 0 Å². The maximum atomic E-state index is 12.4. The fraction of sp³-hybridized carbons (Fsp3) is 0.364. The van der Waals surface area contributed by atoms with Crippen molar-refractivity contribution in [3.63, 3.8) is 0 Å². The summed E-state index contributed by atoms with van der Waals surface area (Å²) in [6.45, 7) is 0.558. The predicted molar refractivity (Wildman–Crippen MR) is 105 cm³/mol. The molecule has 5 nitrogen and oxygen atoms in total. The van der Waals surface area contributed by atoms with Crippen LogP contribution in [0.2, 0.25) is 0 Å². The summed E-state index contributed by atoms with van der Waals surface area (Å²) >= 11 is 0. The van der Waals surface area contributed by atoms with Gasteiger partial charge in [0.05, 0.1) is 0 Å². The second kappa shape index (κ2) is 9.33. The van der Waals surface area contributed by atoms with E-state index in [-0.39, 0.29) is 24.3 Å². The standard InChI is InChI=1S/C22H26N2O3/c23-14-18-8-4-5-9-20(18)24-21(25)15-27-19-12-10-17(11-13-19)22(26)16-6-2-1-3-7-16/h1-3,6-7,10-13,18,20H,4-5,8-9,14-15,23H2,(H,24,25). The molecule has 142 valence electrons. The van der Waals surface area contributed by atoms with Gasteiger partial charge in [0.15, 0.2) is 12.4 Å². The second-order valence-electron chi connectivity index (χ2n) is 6.96. The number of rotatable bonds is 7. The first-order valence-corrected chi connectivity index (χ1v) is 9.49. The highest BCUT2D eigenvalue weighted by atomic mass is 16.5. The summed E-state index contributed by atoms with van der Waals surface area (Å²) < 4.78 is 5.56. The zero-order chi connectivity index (χ0) is 19.1. The predicted octanol–water partition coefficient (Wildman–Crippen LogP) is 2.93. The number of carbonyl (C=O) groups is 2. The van der Waals surface area contributed by atoms with Crippen LogP contribution in [0.4, 0.5) is 0 Å². The molecule has 0 aliphatic heterocycles. The van der Waals surface area contributed by atoms with Gasteiger partial charge in [-0.25, -0.2) is 0 Å². The molecule has 0 spiro atoms. The fourth-order valence-corrected chi connectivity index (χ4v) is 3.54.